The fraction of sp³-hybridized carbons (Fsp3) is 0.353. The molecule has 98 valence electrons. The second-order valence-corrected chi connectivity index (χ2v) is 5.43. The molecule has 1 aliphatic carbocycles. The van der Waals surface area contributed by atoms with Gasteiger partial charge in [0.1, 0.15) is 0 Å². The van der Waals surface area contributed by atoms with Crippen LogP contribution >= 0.6 is 0 Å². The first-order valence-corrected chi connectivity index (χ1v) is 6.95. The van der Waals surface area contributed by atoms with Gasteiger partial charge in [-0.2, -0.15) is 0 Å². The lowest BCUT2D eigenvalue weighted by Gasteiger charge is -2.33. The lowest BCUT2D eigenvalue weighted by atomic mass is 9.74. The maximum atomic E-state index is 4.52. The molecule has 1 aromatic carbocycles. The van der Waals surface area contributed by atoms with Gasteiger partial charge < -0.3 is 5.32 Å². The van der Waals surface area contributed by atoms with E-state index in [0.717, 1.165) is 12.1 Å². The summed E-state index contributed by atoms with van der Waals surface area (Å²) in [5.74, 6) is 0.677. The molecule has 2 unspecified atom stereocenters. The molecule has 3 rings (SSSR count). The van der Waals surface area contributed by atoms with Crippen molar-refractivity contribution in [3.8, 4) is 0 Å². The number of nitrogens with zero attached hydrogens (tertiary/aromatic N) is 1. The van der Waals surface area contributed by atoms with Crippen LogP contribution in [0, 0.1) is 6.92 Å². The first-order valence-electron chi connectivity index (χ1n) is 6.95. The largest absolute Gasteiger partial charge is 0.312 e. The molecule has 19 heavy (non-hydrogen) atoms. The molecular formula is C17H20N2. The van der Waals surface area contributed by atoms with Crippen molar-refractivity contribution < 1.29 is 0 Å². The zero-order valence-corrected chi connectivity index (χ0v) is 11.6. The Hall–Kier alpha value is -1.67. The molecule has 0 saturated heterocycles. The van der Waals surface area contributed by atoms with Crippen LogP contribution in [0.2, 0.25) is 0 Å². The second kappa shape index (κ2) is 5.14. The van der Waals surface area contributed by atoms with Crippen LogP contribution in [0.1, 0.15) is 40.8 Å². The van der Waals surface area contributed by atoms with Gasteiger partial charge in [0.25, 0.3) is 0 Å². The first kappa shape index (κ1) is 12.4. The second-order valence-electron chi connectivity index (χ2n) is 5.43. The third kappa shape index (κ3) is 2.41. The van der Waals surface area contributed by atoms with E-state index in [1.54, 1.807) is 0 Å². The number of pyridine rings is 1. The van der Waals surface area contributed by atoms with Crippen molar-refractivity contribution in [1.82, 2.24) is 10.3 Å². The van der Waals surface area contributed by atoms with Gasteiger partial charge in [0, 0.05) is 12.2 Å². The summed E-state index contributed by atoms with van der Waals surface area (Å²) in [6.07, 6.45) is 4.24. The van der Waals surface area contributed by atoms with Crippen LogP contribution < -0.4 is 5.32 Å². The molecule has 1 aromatic heterocycles. The standard InChI is InChI=1S/C17H20N2/c1-12-7-8-19-17(9-12)16(18-2)11-14-10-13-5-3-4-6-15(13)14/h3-9,14,16,18H,10-11H2,1-2H3. The average Bonchev–Trinajstić information content (AvgIpc) is 2.40. The number of nitrogens with one attached hydrogen (secondary N) is 1. The highest BCUT2D eigenvalue weighted by molar-refractivity contribution is 5.40. The minimum absolute atomic E-state index is 0.346. The highest BCUT2D eigenvalue weighted by Gasteiger charge is 2.28. The van der Waals surface area contributed by atoms with E-state index < -0.39 is 0 Å². The van der Waals surface area contributed by atoms with Crippen molar-refractivity contribution in [2.45, 2.75) is 31.7 Å². The number of hydrogen-bond acceptors (Lipinski definition) is 2. The van der Waals surface area contributed by atoms with E-state index in [2.05, 4.69) is 53.6 Å². The van der Waals surface area contributed by atoms with Gasteiger partial charge in [0.05, 0.1) is 5.69 Å². The lowest BCUT2D eigenvalue weighted by molar-refractivity contribution is 0.445. The molecule has 2 aromatic rings. The van der Waals surface area contributed by atoms with Crippen molar-refractivity contribution in [1.29, 1.82) is 0 Å². The van der Waals surface area contributed by atoms with Crippen LogP contribution in [0.5, 0.6) is 0 Å². The number of hydrogen-bond donors (Lipinski definition) is 1. The van der Waals surface area contributed by atoms with Gasteiger partial charge in [-0.1, -0.05) is 24.3 Å². The highest BCUT2D eigenvalue weighted by atomic mass is 14.9. The molecule has 0 radical (unpaired) electrons. The Kier molecular flexibility index (Phi) is 3.34. The molecule has 1 heterocycles. The van der Waals surface area contributed by atoms with Crippen molar-refractivity contribution in [2.24, 2.45) is 0 Å². The van der Waals surface area contributed by atoms with Gasteiger partial charge in [-0.05, 0) is 61.6 Å². The van der Waals surface area contributed by atoms with E-state index in [1.165, 1.54) is 23.1 Å². The maximum absolute atomic E-state index is 4.52. The van der Waals surface area contributed by atoms with Gasteiger partial charge in [0.15, 0.2) is 0 Å². The summed E-state index contributed by atoms with van der Waals surface area (Å²) >= 11 is 0. The van der Waals surface area contributed by atoms with Gasteiger partial charge in [0.2, 0.25) is 0 Å². The first-order chi connectivity index (χ1) is 9.28. The number of benzene rings is 1. The summed E-state index contributed by atoms with van der Waals surface area (Å²) < 4.78 is 0. The minimum Gasteiger partial charge on any atom is -0.312 e. The Morgan fingerprint density at radius 1 is 1.32 bits per heavy atom. The highest BCUT2D eigenvalue weighted by Crippen LogP contribution is 2.40. The lowest BCUT2D eigenvalue weighted by Crippen LogP contribution is -2.25. The van der Waals surface area contributed by atoms with Crippen molar-refractivity contribution in [3.05, 3.63) is 65.0 Å². The summed E-state index contributed by atoms with van der Waals surface area (Å²) in [4.78, 5) is 4.52. The van der Waals surface area contributed by atoms with Gasteiger partial charge >= 0.3 is 0 Å². The fourth-order valence-corrected chi connectivity index (χ4v) is 2.99. The van der Waals surface area contributed by atoms with Gasteiger partial charge in [-0.15, -0.1) is 0 Å². The number of aryl methyl sites for hydroxylation is 1. The Morgan fingerprint density at radius 3 is 2.89 bits per heavy atom. The quantitative estimate of drug-likeness (QED) is 0.902. The van der Waals surface area contributed by atoms with E-state index in [4.69, 9.17) is 0 Å². The summed E-state index contributed by atoms with van der Waals surface area (Å²) in [6, 6.07) is 13.4. The van der Waals surface area contributed by atoms with Crippen LogP contribution in [0.25, 0.3) is 0 Å². The Morgan fingerprint density at radius 2 is 2.16 bits per heavy atom. The molecule has 0 bridgehead atoms. The van der Waals surface area contributed by atoms with Crippen LogP contribution in [-0.4, -0.2) is 12.0 Å². The maximum Gasteiger partial charge on any atom is 0.0575 e. The molecule has 1 N–H and O–H groups in total. The predicted molar refractivity (Wildman–Crippen MR) is 78.3 cm³/mol. The Labute approximate surface area is 114 Å². The number of rotatable bonds is 4. The summed E-state index contributed by atoms with van der Waals surface area (Å²) in [7, 11) is 2.03. The van der Waals surface area contributed by atoms with Crippen LogP contribution in [0.4, 0.5) is 0 Å². The van der Waals surface area contributed by atoms with Gasteiger partial charge in [-0.3, -0.25) is 4.98 Å². The molecule has 2 atom stereocenters. The third-order valence-electron chi connectivity index (χ3n) is 4.12. The molecule has 1 aliphatic rings. The summed E-state index contributed by atoms with van der Waals surface area (Å²) in [5.41, 5.74) is 5.47. The molecule has 2 nitrogen and oxygen atoms in total. The van der Waals surface area contributed by atoms with Crippen molar-refractivity contribution in [3.63, 3.8) is 0 Å². The molecule has 0 fully saturated rings. The van der Waals surface area contributed by atoms with Gasteiger partial charge in [-0.25, -0.2) is 0 Å². The van der Waals surface area contributed by atoms with E-state index >= 15 is 0 Å². The predicted octanol–water partition coefficient (Wildman–Crippen LogP) is 3.38. The molecule has 0 saturated carbocycles. The fourth-order valence-electron chi connectivity index (χ4n) is 2.99. The van der Waals surface area contributed by atoms with E-state index in [9.17, 15) is 0 Å². The average molecular weight is 252 g/mol. The van der Waals surface area contributed by atoms with Crippen molar-refractivity contribution >= 4 is 0 Å². The van der Waals surface area contributed by atoms with Crippen LogP contribution in [-0.2, 0) is 6.42 Å². The SMILES string of the molecule is CNC(CC1Cc2ccccc21)c1cc(C)ccn1. The summed E-state index contributed by atoms with van der Waals surface area (Å²) in [6.45, 7) is 2.12. The monoisotopic (exact) mass is 252 g/mol. The molecule has 0 aliphatic heterocycles. The van der Waals surface area contributed by atoms with Crippen LogP contribution in [0.3, 0.4) is 0 Å². The topological polar surface area (TPSA) is 24.9 Å². The van der Waals surface area contributed by atoms with E-state index in [1.807, 2.05) is 13.2 Å². The zero-order chi connectivity index (χ0) is 13.2. The van der Waals surface area contributed by atoms with Crippen LogP contribution in [0.15, 0.2) is 42.6 Å². The number of fused-ring (bicyclic) bond motifs is 1. The number of aromatic nitrogens is 1. The molecule has 0 amide bonds. The smallest absolute Gasteiger partial charge is 0.0575 e. The van der Waals surface area contributed by atoms with Crippen molar-refractivity contribution in [2.75, 3.05) is 7.05 Å². The normalized spacial score (nSPS) is 18.5. The van der Waals surface area contributed by atoms with E-state index in [-0.39, 0.29) is 0 Å². The Bertz CT molecular complexity index is 577. The third-order valence-corrected chi connectivity index (χ3v) is 4.12. The minimum atomic E-state index is 0.346. The molecular weight excluding hydrogens is 232 g/mol. The molecule has 0 spiro atoms. The van der Waals surface area contributed by atoms with E-state index in [0.29, 0.717) is 12.0 Å². The Balaban J connectivity index is 1.76. The zero-order valence-electron chi connectivity index (χ0n) is 11.6. The molecule has 2 heteroatoms. The summed E-state index contributed by atoms with van der Waals surface area (Å²) in [5, 5.41) is 3.41.